The molecule has 1 aliphatic heterocycles. The van der Waals surface area contributed by atoms with Gasteiger partial charge in [-0.05, 0) is 43.7 Å². The van der Waals surface area contributed by atoms with Crippen LogP contribution in [0.25, 0.3) is 10.2 Å². The summed E-state index contributed by atoms with van der Waals surface area (Å²) >= 11 is 1.43. The largest absolute Gasteiger partial charge is 0.344 e. The molecule has 0 spiro atoms. The highest BCUT2D eigenvalue weighted by molar-refractivity contribution is 7.91. The van der Waals surface area contributed by atoms with Crippen LogP contribution in [0, 0.1) is 5.82 Å². The summed E-state index contributed by atoms with van der Waals surface area (Å²) < 4.78 is 39.6. The molecule has 0 aliphatic carbocycles. The molecule has 1 saturated heterocycles. The van der Waals surface area contributed by atoms with Crippen LogP contribution in [-0.4, -0.2) is 55.6 Å². The lowest BCUT2D eigenvalue weighted by Gasteiger charge is -2.40. The van der Waals surface area contributed by atoms with Gasteiger partial charge >= 0.3 is 0 Å². The van der Waals surface area contributed by atoms with E-state index < -0.39 is 9.84 Å². The second kappa shape index (κ2) is 8.55. The van der Waals surface area contributed by atoms with Gasteiger partial charge in [0.1, 0.15) is 5.82 Å². The van der Waals surface area contributed by atoms with Gasteiger partial charge in [-0.3, -0.25) is 4.79 Å². The lowest BCUT2D eigenvalue weighted by Crippen LogP contribution is -2.54. The summed E-state index contributed by atoms with van der Waals surface area (Å²) in [6.07, 6.45) is 0.492. The van der Waals surface area contributed by atoms with Crippen LogP contribution in [0.15, 0.2) is 47.4 Å². The number of piperazine rings is 1. The first-order valence-electron chi connectivity index (χ1n) is 10.2. The van der Waals surface area contributed by atoms with Crippen molar-refractivity contribution in [2.45, 2.75) is 31.2 Å². The van der Waals surface area contributed by atoms with Crippen LogP contribution in [0.4, 0.5) is 9.52 Å². The number of benzene rings is 2. The highest BCUT2D eigenvalue weighted by Gasteiger charge is 2.32. The predicted octanol–water partition coefficient (Wildman–Crippen LogP) is 3.97. The molecule has 2 aromatic carbocycles. The topological polar surface area (TPSA) is 70.6 Å². The number of rotatable bonds is 5. The van der Waals surface area contributed by atoms with Gasteiger partial charge in [0.05, 0.1) is 26.4 Å². The normalized spacial score (nSPS) is 17.3. The molecular weight excluding hydrogens is 437 g/mol. The Morgan fingerprint density at radius 2 is 2.00 bits per heavy atom. The van der Waals surface area contributed by atoms with Crippen molar-refractivity contribution in [1.82, 2.24) is 9.88 Å². The second-order valence-electron chi connectivity index (χ2n) is 7.72. The van der Waals surface area contributed by atoms with E-state index in [2.05, 4.69) is 9.88 Å². The molecule has 3 aromatic rings. The highest BCUT2D eigenvalue weighted by atomic mass is 32.2. The van der Waals surface area contributed by atoms with Crippen molar-refractivity contribution in [2.24, 2.45) is 0 Å². The van der Waals surface area contributed by atoms with Crippen LogP contribution >= 0.6 is 11.3 Å². The molecule has 0 unspecified atom stereocenters. The minimum Gasteiger partial charge on any atom is -0.344 e. The van der Waals surface area contributed by atoms with Crippen LogP contribution < -0.4 is 4.90 Å². The number of anilines is 1. The van der Waals surface area contributed by atoms with Crippen LogP contribution in [0.3, 0.4) is 0 Å². The summed E-state index contributed by atoms with van der Waals surface area (Å²) in [6.45, 7) is 5.34. The summed E-state index contributed by atoms with van der Waals surface area (Å²) in [5, 5.41) is 0.797. The van der Waals surface area contributed by atoms with E-state index in [1.54, 1.807) is 36.1 Å². The van der Waals surface area contributed by atoms with E-state index in [1.165, 1.54) is 29.5 Å². The Morgan fingerprint density at radius 3 is 2.74 bits per heavy atom. The van der Waals surface area contributed by atoms with Gasteiger partial charge < -0.3 is 9.80 Å². The van der Waals surface area contributed by atoms with Gasteiger partial charge in [0.15, 0.2) is 15.0 Å². The molecule has 6 nitrogen and oxygen atoms in total. The van der Waals surface area contributed by atoms with Crippen molar-refractivity contribution in [3.05, 3.63) is 53.8 Å². The molecule has 1 aliphatic rings. The fourth-order valence-electron chi connectivity index (χ4n) is 3.90. The molecule has 4 rings (SSSR count). The van der Waals surface area contributed by atoms with Crippen LogP contribution in [0.2, 0.25) is 0 Å². The first-order chi connectivity index (χ1) is 14.8. The summed E-state index contributed by atoms with van der Waals surface area (Å²) in [5.74, 6) is -0.546. The Bertz CT molecular complexity index is 1230. The number of sulfone groups is 1. The number of hydrogen-bond donors (Lipinski definition) is 0. The van der Waals surface area contributed by atoms with Crippen LogP contribution in [0.1, 0.15) is 30.6 Å². The Labute approximate surface area is 185 Å². The smallest absolute Gasteiger partial charge is 0.255 e. The van der Waals surface area contributed by atoms with Crippen molar-refractivity contribution in [2.75, 3.05) is 30.3 Å². The molecule has 1 amide bonds. The second-order valence-corrected chi connectivity index (χ2v) is 10.8. The number of carbonyl (C=O) groups is 1. The number of amides is 1. The Kier molecular flexibility index (Phi) is 5.98. The zero-order chi connectivity index (χ0) is 22.2. The minimum atomic E-state index is -3.51. The van der Waals surface area contributed by atoms with E-state index >= 15 is 0 Å². The predicted molar refractivity (Wildman–Crippen MR) is 121 cm³/mol. The molecule has 0 saturated carbocycles. The third-order valence-electron chi connectivity index (χ3n) is 5.42. The third-order valence-corrected chi connectivity index (χ3v) is 8.47. The highest BCUT2D eigenvalue weighted by Crippen LogP contribution is 2.31. The van der Waals surface area contributed by atoms with Gasteiger partial charge in [0.25, 0.3) is 5.91 Å². The van der Waals surface area contributed by atoms with Crippen LogP contribution in [0.5, 0.6) is 0 Å². The number of carbonyl (C=O) groups excluding carboxylic acids is 1. The zero-order valence-electron chi connectivity index (χ0n) is 17.4. The maximum atomic E-state index is 13.5. The van der Waals surface area contributed by atoms with Gasteiger partial charge in [-0.2, -0.15) is 0 Å². The average molecular weight is 462 g/mol. The number of nitrogens with zero attached hydrogens (tertiary/aromatic N) is 3. The molecule has 0 radical (unpaired) electrons. The maximum absolute atomic E-state index is 13.5. The van der Waals surface area contributed by atoms with E-state index in [-0.39, 0.29) is 34.0 Å². The zero-order valence-corrected chi connectivity index (χ0v) is 19.0. The van der Waals surface area contributed by atoms with Crippen molar-refractivity contribution in [1.29, 1.82) is 0 Å². The van der Waals surface area contributed by atoms with Crippen molar-refractivity contribution in [3.8, 4) is 0 Å². The SMILES string of the molecule is CCCS(=O)(=O)c1ccccc1C(=O)N1CCN(c2nc3ccc(F)cc3s2)C[C@@H]1C. The monoisotopic (exact) mass is 461 g/mol. The van der Waals surface area contributed by atoms with Crippen molar-refractivity contribution in [3.63, 3.8) is 0 Å². The van der Waals surface area contributed by atoms with E-state index in [1.807, 2.05) is 6.92 Å². The molecule has 1 atom stereocenters. The summed E-state index contributed by atoms with van der Waals surface area (Å²) in [6, 6.07) is 10.9. The third kappa shape index (κ3) is 4.29. The van der Waals surface area contributed by atoms with Gasteiger partial charge in [-0.15, -0.1) is 0 Å². The summed E-state index contributed by atoms with van der Waals surface area (Å²) in [4.78, 5) is 21.8. The van der Waals surface area contributed by atoms with Gasteiger partial charge in [0, 0.05) is 25.7 Å². The Morgan fingerprint density at radius 1 is 1.23 bits per heavy atom. The molecule has 164 valence electrons. The molecule has 2 heterocycles. The number of thiazole rings is 1. The molecule has 1 aromatic heterocycles. The summed E-state index contributed by atoms with van der Waals surface area (Å²) in [7, 11) is -3.51. The van der Waals surface area contributed by atoms with Gasteiger partial charge in [-0.1, -0.05) is 30.4 Å². The fourth-order valence-corrected chi connectivity index (χ4v) is 6.46. The average Bonchev–Trinajstić information content (AvgIpc) is 3.16. The number of hydrogen-bond acceptors (Lipinski definition) is 6. The van der Waals surface area contributed by atoms with Gasteiger partial charge in [0.2, 0.25) is 0 Å². The molecule has 9 heteroatoms. The Hall–Kier alpha value is -2.52. The van der Waals surface area contributed by atoms with E-state index in [9.17, 15) is 17.6 Å². The van der Waals surface area contributed by atoms with E-state index in [0.717, 1.165) is 15.3 Å². The molecular formula is C22H24FN3O3S2. The Balaban J connectivity index is 1.55. The number of fused-ring (bicyclic) bond motifs is 1. The van der Waals surface area contributed by atoms with Crippen LogP contribution in [-0.2, 0) is 9.84 Å². The van der Waals surface area contributed by atoms with Crippen molar-refractivity contribution >= 4 is 42.4 Å². The summed E-state index contributed by atoms with van der Waals surface area (Å²) in [5.41, 5.74) is 0.981. The van der Waals surface area contributed by atoms with Gasteiger partial charge in [-0.25, -0.2) is 17.8 Å². The standard InChI is InChI=1S/C22H24FN3O3S2/c1-3-12-31(28,29)20-7-5-4-6-17(20)21(27)26-11-10-25(14-15(26)2)22-24-18-9-8-16(23)13-19(18)30-22/h4-9,13,15H,3,10-12,14H2,1-2H3/t15-/m0/s1. The minimum absolute atomic E-state index is 0.0127. The number of halogens is 1. The molecule has 1 fully saturated rings. The molecule has 0 bridgehead atoms. The first-order valence-corrected chi connectivity index (χ1v) is 12.7. The quantitative estimate of drug-likeness (QED) is 0.575. The maximum Gasteiger partial charge on any atom is 0.255 e. The molecule has 31 heavy (non-hydrogen) atoms. The lowest BCUT2D eigenvalue weighted by atomic mass is 10.1. The molecule has 0 N–H and O–H groups in total. The fraction of sp³-hybridized carbons (Fsp3) is 0.364. The van der Waals surface area contributed by atoms with E-state index in [4.69, 9.17) is 0 Å². The first kappa shape index (κ1) is 21.7. The lowest BCUT2D eigenvalue weighted by molar-refractivity contribution is 0.0670. The van der Waals surface area contributed by atoms with Crippen molar-refractivity contribution < 1.29 is 17.6 Å². The number of aromatic nitrogens is 1. The van der Waals surface area contributed by atoms with E-state index in [0.29, 0.717) is 26.1 Å².